The first-order valence-electron chi connectivity index (χ1n) is 8.93. The van der Waals surface area contributed by atoms with Gasteiger partial charge in [-0.1, -0.05) is 12.1 Å². The van der Waals surface area contributed by atoms with Gasteiger partial charge in [-0.2, -0.15) is 5.10 Å². The maximum absolute atomic E-state index is 14.1. The number of aromatic nitrogens is 2. The van der Waals surface area contributed by atoms with Crippen molar-refractivity contribution in [3.63, 3.8) is 0 Å². The zero-order valence-corrected chi connectivity index (χ0v) is 15.3. The summed E-state index contributed by atoms with van der Waals surface area (Å²) in [6, 6.07) is 9.43. The van der Waals surface area contributed by atoms with Gasteiger partial charge in [0.1, 0.15) is 17.3 Å². The molecule has 28 heavy (non-hydrogen) atoms. The van der Waals surface area contributed by atoms with Crippen molar-refractivity contribution < 1.29 is 18.0 Å². The van der Waals surface area contributed by atoms with Crippen LogP contribution in [0.15, 0.2) is 42.5 Å². The van der Waals surface area contributed by atoms with Gasteiger partial charge in [0.2, 0.25) is 0 Å². The summed E-state index contributed by atoms with van der Waals surface area (Å²) in [5.41, 5.74) is 2.35. The van der Waals surface area contributed by atoms with Crippen molar-refractivity contribution in [2.75, 3.05) is 0 Å². The van der Waals surface area contributed by atoms with E-state index in [4.69, 9.17) is 0 Å². The zero-order valence-electron chi connectivity index (χ0n) is 15.3. The molecule has 1 aliphatic rings. The summed E-state index contributed by atoms with van der Waals surface area (Å²) in [4.78, 5) is 12.8. The van der Waals surface area contributed by atoms with Crippen LogP contribution in [0.2, 0.25) is 0 Å². The number of rotatable bonds is 4. The minimum absolute atomic E-state index is 0.0392. The van der Waals surface area contributed by atoms with E-state index >= 15 is 0 Å². The van der Waals surface area contributed by atoms with Crippen LogP contribution in [0.5, 0.6) is 0 Å². The molecule has 2 aromatic carbocycles. The molecule has 4 nitrogen and oxygen atoms in total. The minimum Gasteiger partial charge on any atom is -0.349 e. The molecule has 1 amide bonds. The van der Waals surface area contributed by atoms with Crippen LogP contribution in [-0.4, -0.2) is 21.7 Å². The van der Waals surface area contributed by atoms with Crippen LogP contribution in [-0.2, 0) is 0 Å². The maximum Gasteiger partial charge on any atom is 0.255 e. The molecule has 1 heterocycles. The van der Waals surface area contributed by atoms with E-state index in [2.05, 4.69) is 10.4 Å². The molecule has 3 aromatic rings. The van der Waals surface area contributed by atoms with Crippen molar-refractivity contribution in [3.8, 4) is 5.69 Å². The molecule has 0 saturated heterocycles. The SMILES string of the molecule is Cc1nn(-c2ccc(F)cc2F)c(C)c1C(=O)N[C@H]1C[C@H]1c1ccc(F)cc1. The summed E-state index contributed by atoms with van der Waals surface area (Å²) in [6.07, 6.45) is 0.774. The number of halogens is 3. The van der Waals surface area contributed by atoms with Gasteiger partial charge in [-0.25, -0.2) is 17.9 Å². The molecule has 0 radical (unpaired) electrons. The summed E-state index contributed by atoms with van der Waals surface area (Å²) in [6.45, 7) is 3.34. The Morgan fingerprint density at radius 3 is 2.43 bits per heavy atom. The largest absolute Gasteiger partial charge is 0.349 e. The number of carbonyl (C=O) groups is 1. The number of nitrogens with one attached hydrogen (secondary N) is 1. The van der Waals surface area contributed by atoms with E-state index < -0.39 is 11.6 Å². The van der Waals surface area contributed by atoms with E-state index in [1.807, 2.05) is 0 Å². The molecular weight excluding hydrogens is 367 g/mol. The monoisotopic (exact) mass is 385 g/mol. The number of amides is 1. The first-order valence-corrected chi connectivity index (χ1v) is 8.93. The highest BCUT2D eigenvalue weighted by Gasteiger charge is 2.40. The van der Waals surface area contributed by atoms with E-state index in [0.717, 1.165) is 24.1 Å². The molecule has 7 heteroatoms. The zero-order chi connectivity index (χ0) is 20.0. The Kier molecular flexibility index (Phi) is 4.45. The molecule has 0 aliphatic heterocycles. The van der Waals surface area contributed by atoms with Crippen molar-refractivity contribution in [3.05, 3.63) is 82.4 Å². The average Bonchev–Trinajstić information content (AvgIpc) is 3.33. The molecule has 2 atom stereocenters. The minimum atomic E-state index is -0.754. The van der Waals surface area contributed by atoms with Gasteiger partial charge >= 0.3 is 0 Å². The number of aryl methyl sites for hydroxylation is 1. The quantitative estimate of drug-likeness (QED) is 0.732. The second-order valence-electron chi connectivity index (χ2n) is 7.03. The highest BCUT2D eigenvalue weighted by atomic mass is 19.1. The summed E-state index contributed by atoms with van der Waals surface area (Å²) in [7, 11) is 0. The Hall–Kier alpha value is -3.09. The first-order chi connectivity index (χ1) is 13.3. The maximum atomic E-state index is 14.1. The van der Waals surface area contributed by atoms with Gasteiger partial charge in [-0.05, 0) is 50.1 Å². The fourth-order valence-electron chi connectivity index (χ4n) is 3.53. The number of hydrogen-bond acceptors (Lipinski definition) is 2. The Morgan fingerprint density at radius 1 is 1.07 bits per heavy atom. The normalized spacial score (nSPS) is 18.2. The molecule has 144 valence electrons. The Morgan fingerprint density at radius 2 is 1.75 bits per heavy atom. The standard InChI is InChI=1S/C21H18F3N3O/c1-11-20(12(2)27(26-11)19-8-7-15(23)9-17(19)24)21(28)25-18-10-16(18)13-3-5-14(22)6-4-13/h3-9,16,18H,10H2,1-2H3,(H,25,28)/t16-,18-/m0/s1. The number of nitrogens with zero attached hydrogens (tertiary/aromatic N) is 2. The van der Waals surface area contributed by atoms with Crippen molar-refractivity contribution in [2.24, 2.45) is 0 Å². The third-order valence-electron chi connectivity index (χ3n) is 5.06. The second kappa shape index (κ2) is 6.82. The predicted molar refractivity (Wildman–Crippen MR) is 98.0 cm³/mol. The van der Waals surface area contributed by atoms with Gasteiger partial charge in [-0.3, -0.25) is 4.79 Å². The highest BCUT2D eigenvalue weighted by Crippen LogP contribution is 2.41. The molecule has 1 saturated carbocycles. The third-order valence-corrected chi connectivity index (χ3v) is 5.06. The van der Waals surface area contributed by atoms with Gasteiger partial charge in [0, 0.05) is 18.0 Å². The Labute approximate surface area is 160 Å². The lowest BCUT2D eigenvalue weighted by molar-refractivity contribution is 0.0949. The molecule has 4 rings (SSSR count). The summed E-state index contributed by atoms with van der Waals surface area (Å²) < 4.78 is 41.7. The van der Waals surface area contributed by atoms with E-state index in [9.17, 15) is 18.0 Å². The van der Waals surface area contributed by atoms with E-state index in [0.29, 0.717) is 17.0 Å². The molecule has 0 unspecified atom stereocenters. The number of hydrogen-bond donors (Lipinski definition) is 1. The number of benzene rings is 2. The van der Waals surface area contributed by atoms with Crippen LogP contribution in [0.25, 0.3) is 5.69 Å². The van der Waals surface area contributed by atoms with Crippen molar-refractivity contribution >= 4 is 5.91 Å². The van der Waals surface area contributed by atoms with E-state index in [-0.39, 0.29) is 29.4 Å². The lowest BCUT2D eigenvalue weighted by atomic mass is 10.1. The van der Waals surface area contributed by atoms with Crippen LogP contribution in [0.1, 0.15) is 39.6 Å². The number of carbonyl (C=O) groups excluding carboxylic acids is 1. The molecule has 1 aromatic heterocycles. The first kappa shape index (κ1) is 18.3. The van der Waals surface area contributed by atoms with Crippen molar-refractivity contribution in [2.45, 2.75) is 32.2 Å². The topological polar surface area (TPSA) is 46.9 Å². The predicted octanol–water partition coefficient (Wildman–Crippen LogP) is 4.19. The lowest BCUT2D eigenvalue weighted by Crippen LogP contribution is -2.27. The molecule has 1 fully saturated rings. The lowest BCUT2D eigenvalue weighted by Gasteiger charge is -2.08. The highest BCUT2D eigenvalue weighted by molar-refractivity contribution is 5.97. The van der Waals surface area contributed by atoms with Crippen LogP contribution in [0, 0.1) is 31.3 Å². The van der Waals surface area contributed by atoms with Crippen LogP contribution in [0.4, 0.5) is 13.2 Å². The molecule has 0 bridgehead atoms. The average molecular weight is 385 g/mol. The Balaban J connectivity index is 1.54. The smallest absolute Gasteiger partial charge is 0.255 e. The second-order valence-corrected chi connectivity index (χ2v) is 7.03. The van der Waals surface area contributed by atoms with Crippen molar-refractivity contribution in [1.29, 1.82) is 0 Å². The van der Waals surface area contributed by atoms with Crippen LogP contribution < -0.4 is 5.32 Å². The van der Waals surface area contributed by atoms with Gasteiger partial charge in [0.25, 0.3) is 5.91 Å². The molecular formula is C21H18F3N3O. The van der Waals surface area contributed by atoms with Gasteiger partial charge in [0.15, 0.2) is 5.82 Å². The summed E-state index contributed by atoms with van der Waals surface area (Å²) >= 11 is 0. The van der Waals surface area contributed by atoms with Crippen LogP contribution >= 0.6 is 0 Å². The van der Waals surface area contributed by atoms with Gasteiger partial charge in [-0.15, -0.1) is 0 Å². The van der Waals surface area contributed by atoms with Crippen LogP contribution in [0.3, 0.4) is 0 Å². The summed E-state index contributed by atoms with van der Waals surface area (Å²) in [5, 5.41) is 7.22. The summed E-state index contributed by atoms with van der Waals surface area (Å²) in [5.74, 6) is -1.87. The molecule has 1 N–H and O–H groups in total. The fraction of sp³-hybridized carbons (Fsp3) is 0.238. The van der Waals surface area contributed by atoms with Gasteiger partial charge in [0.05, 0.1) is 17.0 Å². The van der Waals surface area contributed by atoms with Gasteiger partial charge < -0.3 is 5.32 Å². The van der Waals surface area contributed by atoms with Crippen molar-refractivity contribution in [1.82, 2.24) is 15.1 Å². The third kappa shape index (κ3) is 3.28. The molecule has 0 spiro atoms. The van der Waals surface area contributed by atoms with E-state index in [1.54, 1.807) is 26.0 Å². The van der Waals surface area contributed by atoms with E-state index in [1.165, 1.54) is 22.9 Å². The fourth-order valence-corrected chi connectivity index (χ4v) is 3.53. The molecule has 1 aliphatic carbocycles. The Bertz CT molecular complexity index is 1060.